The standard InChI is InChI=1S/C17H22N2O4/c1-5-22-15(20)17(16(21)23-6-2,9-7-13(3)11-18)10-8-14(4)12-19/h7-8H,5-6,9-10H2,1-4H3/b13-7+,14-8+. The molecule has 0 aromatic heterocycles. The van der Waals surface area contributed by atoms with Crippen LogP contribution >= 0.6 is 0 Å². The van der Waals surface area contributed by atoms with E-state index in [9.17, 15) is 9.59 Å². The van der Waals surface area contributed by atoms with Crippen molar-refractivity contribution in [2.24, 2.45) is 5.41 Å². The minimum atomic E-state index is -1.60. The Hall–Kier alpha value is -2.60. The number of carbonyl (C=O) groups excluding carboxylic acids is 2. The van der Waals surface area contributed by atoms with Gasteiger partial charge in [-0.1, -0.05) is 12.2 Å². The number of nitriles is 2. The van der Waals surface area contributed by atoms with Crippen molar-refractivity contribution in [3.8, 4) is 12.1 Å². The lowest BCUT2D eigenvalue weighted by Gasteiger charge is -2.27. The molecule has 6 nitrogen and oxygen atoms in total. The van der Waals surface area contributed by atoms with Gasteiger partial charge < -0.3 is 9.47 Å². The molecule has 0 bridgehead atoms. The third-order valence-corrected chi connectivity index (χ3v) is 3.20. The summed E-state index contributed by atoms with van der Waals surface area (Å²) in [5.74, 6) is -1.44. The summed E-state index contributed by atoms with van der Waals surface area (Å²) in [4.78, 5) is 24.9. The quantitative estimate of drug-likeness (QED) is 0.387. The van der Waals surface area contributed by atoms with Crippen LogP contribution in [0.15, 0.2) is 23.3 Å². The van der Waals surface area contributed by atoms with E-state index < -0.39 is 17.4 Å². The molecule has 0 N–H and O–H groups in total. The number of carbonyl (C=O) groups is 2. The molecule has 0 amide bonds. The summed E-state index contributed by atoms with van der Waals surface area (Å²) in [6.45, 7) is 6.67. The number of nitrogens with zero attached hydrogens (tertiary/aromatic N) is 2. The van der Waals surface area contributed by atoms with E-state index in [-0.39, 0.29) is 26.1 Å². The summed E-state index contributed by atoms with van der Waals surface area (Å²) >= 11 is 0. The third-order valence-electron chi connectivity index (χ3n) is 3.20. The van der Waals surface area contributed by atoms with Gasteiger partial charge in [0.2, 0.25) is 0 Å². The molecule has 0 aliphatic rings. The first-order chi connectivity index (χ1) is 10.9. The predicted octanol–water partition coefficient (Wildman–Crippen LogP) is 2.82. The molecule has 0 rings (SSSR count). The SMILES string of the molecule is CCOC(=O)C(C/C=C(\C)C#N)(C/C=C(\C)C#N)C(=O)OCC. The minimum absolute atomic E-state index is 0.0285. The first-order valence-electron chi connectivity index (χ1n) is 7.36. The van der Waals surface area contributed by atoms with E-state index in [2.05, 4.69) is 0 Å². The fourth-order valence-corrected chi connectivity index (χ4v) is 1.78. The Labute approximate surface area is 137 Å². The third kappa shape index (κ3) is 5.96. The van der Waals surface area contributed by atoms with Gasteiger partial charge in [-0.3, -0.25) is 9.59 Å². The van der Waals surface area contributed by atoms with Crippen molar-refractivity contribution in [2.75, 3.05) is 13.2 Å². The van der Waals surface area contributed by atoms with Crippen LogP contribution in [0.4, 0.5) is 0 Å². The molecule has 0 aliphatic heterocycles. The van der Waals surface area contributed by atoms with E-state index >= 15 is 0 Å². The average molecular weight is 318 g/mol. The Balaban J connectivity index is 5.90. The van der Waals surface area contributed by atoms with Crippen LogP contribution in [0.3, 0.4) is 0 Å². The lowest BCUT2D eigenvalue weighted by Crippen LogP contribution is -2.41. The molecule has 0 spiro atoms. The molecule has 0 saturated carbocycles. The molecule has 0 aromatic rings. The highest BCUT2D eigenvalue weighted by Crippen LogP contribution is 2.33. The summed E-state index contributed by atoms with van der Waals surface area (Å²) in [7, 11) is 0. The highest BCUT2D eigenvalue weighted by Gasteiger charge is 2.47. The summed E-state index contributed by atoms with van der Waals surface area (Å²) < 4.78 is 10.1. The Bertz CT molecular complexity index is 524. The molecule has 0 aromatic carbocycles. The van der Waals surface area contributed by atoms with Gasteiger partial charge in [-0.2, -0.15) is 10.5 Å². The zero-order valence-corrected chi connectivity index (χ0v) is 14.0. The van der Waals surface area contributed by atoms with Crippen molar-refractivity contribution in [3.63, 3.8) is 0 Å². The van der Waals surface area contributed by atoms with E-state index in [0.29, 0.717) is 11.1 Å². The average Bonchev–Trinajstić information content (AvgIpc) is 2.54. The van der Waals surface area contributed by atoms with Gasteiger partial charge in [0.25, 0.3) is 0 Å². The molecule has 0 atom stereocenters. The molecule has 124 valence electrons. The Morgan fingerprint density at radius 3 is 1.52 bits per heavy atom. The second-order valence-corrected chi connectivity index (χ2v) is 4.93. The van der Waals surface area contributed by atoms with Crippen LogP contribution < -0.4 is 0 Å². The fourth-order valence-electron chi connectivity index (χ4n) is 1.78. The van der Waals surface area contributed by atoms with E-state index in [1.165, 1.54) is 12.2 Å². The first kappa shape index (κ1) is 20.4. The molecule has 0 heterocycles. The highest BCUT2D eigenvalue weighted by atomic mass is 16.6. The minimum Gasteiger partial charge on any atom is -0.465 e. The largest absolute Gasteiger partial charge is 0.465 e. The van der Waals surface area contributed by atoms with Crippen molar-refractivity contribution in [2.45, 2.75) is 40.5 Å². The van der Waals surface area contributed by atoms with Gasteiger partial charge in [0.15, 0.2) is 5.41 Å². The Kier molecular flexibility index (Phi) is 9.03. The summed E-state index contributed by atoms with van der Waals surface area (Å²) in [6, 6.07) is 3.89. The highest BCUT2D eigenvalue weighted by molar-refractivity contribution is 6.00. The Morgan fingerprint density at radius 2 is 1.26 bits per heavy atom. The van der Waals surface area contributed by atoms with Crippen LogP contribution in [0.1, 0.15) is 40.5 Å². The summed E-state index contributed by atoms with van der Waals surface area (Å²) in [5, 5.41) is 17.7. The van der Waals surface area contributed by atoms with Gasteiger partial charge in [-0.15, -0.1) is 0 Å². The molecule has 0 aliphatic carbocycles. The monoisotopic (exact) mass is 318 g/mol. The van der Waals surface area contributed by atoms with E-state index in [0.717, 1.165) is 0 Å². The number of hydrogen-bond donors (Lipinski definition) is 0. The van der Waals surface area contributed by atoms with E-state index in [4.69, 9.17) is 20.0 Å². The molecular weight excluding hydrogens is 296 g/mol. The maximum atomic E-state index is 12.4. The predicted molar refractivity (Wildman–Crippen MR) is 83.7 cm³/mol. The maximum absolute atomic E-state index is 12.4. The molecule has 23 heavy (non-hydrogen) atoms. The molecule has 0 saturated heterocycles. The first-order valence-corrected chi connectivity index (χ1v) is 7.36. The van der Waals surface area contributed by atoms with Gasteiger partial charge in [0.05, 0.1) is 25.4 Å². The number of hydrogen-bond acceptors (Lipinski definition) is 6. The second-order valence-electron chi connectivity index (χ2n) is 4.93. The maximum Gasteiger partial charge on any atom is 0.324 e. The second kappa shape index (κ2) is 10.2. The smallest absolute Gasteiger partial charge is 0.324 e. The van der Waals surface area contributed by atoms with Crippen LogP contribution in [0.5, 0.6) is 0 Å². The molecule has 0 radical (unpaired) electrons. The summed E-state index contributed by atoms with van der Waals surface area (Å²) in [6.07, 6.45) is 2.95. The molecule has 0 fully saturated rings. The fraction of sp³-hybridized carbons (Fsp3) is 0.529. The zero-order chi connectivity index (χ0) is 17.9. The lowest BCUT2D eigenvalue weighted by molar-refractivity contribution is -0.171. The van der Waals surface area contributed by atoms with Gasteiger partial charge in [-0.05, 0) is 40.5 Å². The summed E-state index contributed by atoms with van der Waals surface area (Å²) in [5.41, 5.74) is -0.838. The Morgan fingerprint density at radius 1 is 0.913 bits per heavy atom. The van der Waals surface area contributed by atoms with E-state index in [1.54, 1.807) is 27.7 Å². The number of esters is 2. The van der Waals surface area contributed by atoms with Crippen molar-refractivity contribution >= 4 is 11.9 Å². The molecule has 6 heteroatoms. The number of rotatable bonds is 8. The van der Waals surface area contributed by atoms with Gasteiger partial charge in [0, 0.05) is 11.1 Å². The van der Waals surface area contributed by atoms with Gasteiger partial charge in [-0.25, -0.2) is 0 Å². The lowest BCUT2D eigenvalue weighted by atomic mass is 9.80. The van der Waals surface area contributed by atoms with Crippen molar-refractivity contribution in [3.05, 3.63) is 23.3 Å². The molecular formula is C17H22N2O4. The normalized spacial score (nSPS) is 12.1. The van der Waals surface area contributed by atoms with E-state index in [1.807, 2.05) is 12.1 Å². The van der Waals surface area contributed by atoms with Crippen LogP contribution in [0.2, 0.25) is 0 Å². The van der Waals surface area contributed by atoms with Gasteiger partial charge >= 0.3 is 11.9 Å². The van der Waals surface area contributed by atoms with Crippen molar-refractivity contribution in [1.82, 2.24) is 0 Å². The van der Waals surface area contributed by atoms with Gasteiger partial charge in [0.1, 0.15) is 0 Å². The van der Waals surface area contributed by atoms with Crippen molar-refractivity contribution in [1.29, 1.82) is 10.5 Å². The van der Waals surface area contributed by atoms with Crippen LogP contribution in [-0.2, 0) is 19.1 Å². The van der Waals surface area contributed by atoms with Crippen LogP contribution in [0, 0.1) is 28.1 Å². The number of allylic oxidation sites excluding steroid dienone is 4. The zero-order valence-electron chi connectivity index (χ0n) is 14.0. The number of ether oxygens (including phenoxy) is 2. The topological polar surface area (TPSA) is 100 Å². The van der Waals surface area contributed by atoms with Crippen molar-refractivity contribution < 1.29 is 19.1 Å². The van der Waals surface area contributed by atoms with Crippen LogP contribution in [-0.4, -0.2) is 25.2 Å². The van der Waals surface area contributed by atoms with Crippen LogP contribution in [0.25, 0.3) is 0 Å². The molecule has 0 unspecified atom stereocenters.